The maximum atomic E-state index is 2.49. The maximum Gasteiger partial charge on any atom is 0.0483 e. The lowest BCUT2D eigenvalue weighted by Crippen LogP contribution is -2.24. The summed E-state index contributed by atoms with van der Waals surface area (Å²) in [4.78, 5) is 0. The van der Waals surface area contributed by atoms with Crippen LogP contribution in [-0.4, -0.2) is 8.07 Å². The molecule has 1 aliphatic carbocycles. The van der Waals surface area contributed by atoms with Gasteiger partial charge >= 0.3 is 0 Å². The molecule has 0 spiro atoms. The summed E-state index contributed by atoms with van der Waals surface area (Å²) >= 11 is 0. The first-order valence-corrected chi connectivity index (χ1v) is 9.08. The van der Waals surface area contributed by atoms with Gasteiger partial charge in [0.2, 0.25) is 0 Å². The van der Waals surface area contributed by atoms with Crippen molar-refractivity contribution in [2.75, 3.05) is 0 Å². The number of hydrogen-bond acceptors (Lipinski definition) is 0. The van der Waals surface area contributed by atoms with Crippen molar-refractivity contribution in [2.45, 2.75) is 43.9 Å². The number of rotatable bonds is 2. The minimum Gasteiger partial charge on any atom is -0.0693 e. The molecular weight excluding hydrogens is 184 g/mol. The van der Waals surface area contributed by atoms with Gasteiger partial charge < -0.3 is 0 Å². The van der Waals surface area contributed by atoms with Gasteiger partial charge in [0.15, 0.2) is 0 Å². The molecule has 2 atom stereocenters. The predicted octanol–water partition coefficient (Wildman–Crippen LogP) is 4.06. The largest absolute Gasteiger partial charge is 0.0693 e. The fraction of sp³-hybridized carbons (Fsp3) is 0.538. The molecule has 0 bridgehead atoms. The molecule has 1 aliphatic rings. The molecule has 0 saturated heterocycles. The summed E-state index contributed by atoms with van der Waals surface area (Å²) in [5, 5.41) is 0. The first-order valence-electron chi connectivity index (χ1n) is 5.50. The summed E-state index contributed by atoms with van der Waals surface area (Å²) in [6.45, 7) is 9.91. The van der Waals surface area contributed by atoms with E-state index in [2.05, 4.69) is 56.9 Å². The van der Waals surface area contributed by atoms with Gasteiger partial charge in [0.05, 0.1) is 0 Å². The second-order valence-corrected chi connectivity index (χ2v) is 11.3. The highest BCUT2D eigenvalue weighted by atomic mass is 28.3. The van der Waals surface area contributed by atoms with E-state index < -0.39 is 8.07 Å². The molecule has 1 aromatic rings. The van der Waals surface area contributed by atoms with Gasteiger partial charge in [-0.25, -0.2) is 0 Å². The Kier molecular flexibility index (Phi) is 2.11. The molecule has 1 unspecified atom stereocenters. The molecule has 0 amide bonds. The van der Waals surface area contributed by atoms with E-state index in [4.69, 9.17) is 0 Å². The van der Waals surface area contributed by atoms with Gasteiger partial charge in [-0.2, -0.15) is 0 Å². The van der Waals surface area contributed by atoms with Crippen LogP contribution in [0.25, 0.3) is 0 Å². The molecule has 14 heavy (non-hydrogen) atoms. The monoisotopic (exact) mass is 204 g/mol. The smallest absolute Gasteiger partial charge is 0.0483 e. The van der Waals surface area contributed by atoms with Gasteiger partial charge in [0, 0.05) is 8.07 Å². The topological polar surface area (TPSA) is 0 Å². The van der Waals surface area contributed by atoms with Crippen molar-refractivity contribution in [3.05, 3.63) is 35.9 Å². The van der Waals surface area contributed by atoms with Crippen molar-refractivity contribution < 1.29 is 0 Å². The van der Waals surface area contributed by atoms with Crippen molar-refractivity contribution in [1.29, 1.82) is 0 Å². The van der Waals surface area contributed by atoms with Gasteiger partial charge in [-0.3, -0.25) is 0 Å². The number of benzene rings is 1. The lowest BCUT2D eigenvalue weighted by Gasteiger charge is -2.20. The summed E-state index contributed by atoms with van der Waals surface area (Å²) in [6, 6.07) is 11.0. The Bertz CT molecular complexity index is 323. The maximum absolute atomic E-state index is 2.49. The Morgan fingerprint density at radius 2 is 1.71 bits per heavy atom. The average molecular weight is 204 g/mol. The van der Waals surface area contributed by atoms with Gasteiger partial charge in [0.1, 0.15) is 0 Å². The van der Waals surface area contributed by atoms with E-state index in [0.29, 0.717) is 5.41 Å². The fourth-order valence-electron chi connectivity index (χ4n) is 2.76. The Morgan fingerprint density at radius 1 is 1.14 bits per heavy atom. The molecule has 0 aromatic heterocycles. The third-order valence-electron chi connectivity index (χ3n) is 3.72. The Balaban J connectivity index is 2.23. The molecule has 0 radical (unpaired) electrons. The van der Waals surface area contributed by atoms with Gasteiger partial charge in [-0.15, -0.1) is 0 Å². The van der Waals surface area contributed by atoms with E-state index in [0.717, 1.165) is 5.54 Å². The molecule has 0 N–H and O–H groups in total. The lowest BCUT2D eigenvalue weighted by molar-refractivity contribution is 0.780. The first-order chi connectivity index (χ1) is 6.44. The molecule has 0 nitrogen and oxygen atoms in total. The number of hydrogen-bond donors (Lipinski definition) is 0. The molecule has 1 saturated carbocycles. The van der Waals surface area contributed by atoms with Crippen LogP contribution in [0.5, 0.6) is 0 Å². The SMILES string of the molecule is C[C@@]1(c2ccccc2)CC1[Si](C)(C)C. The van der Waals surface area contributed by atoms with Crippen molar-refractivity contribution >= 4 is 8.07 Å². The molecule has 1 fully saturated rings. The molecule has 0 aliphatic heterocycles. The average Bonchev–Trinajstić information content (AvgIpc) is 2.81. The highest BCUT2D eigenvalue weighted by Crippen LogP contribution is 2.63. The molecule has 1 aromatic carbocycles. The second kappa shape index (κ2) is 2.96. The van der Waals surface area contributed by atoms with Crippen LogP contribution in [0.1, 0.15) is 18.9 Å². The summed E-state index contributed by atoms with van der Waals surface area (Å²) in [6.07, 6.45) is 1.41. The van der Waals surface area contributed by atoms with E-state index in [-0.39, 0.29) is 0 Å². The Morgan fingerprint density at radius 3 is 2.14 bits per heavy atom. The van der Waals surface area contributed by atoms with Gasteiger partial charge in [0.25, 0.3) is 0 Å². The van der Waals surface area contributed by atoms with Crippen molar-refractivity contribution in [2.24, 2.45) is 0 Å². The zero-order chi connectivity index (χ0) is 10.4. The van der Waals surface area contributed by atoms with Crippen LogP contribution < -0.4 is 0 Å². The Labute approximate surface area is 88.4 Å². The molecule has 1 heteroatoms. The van der Waals surface area contributed by atoms with E-state index >= 15 is 0 Å². The summed E-state index contributed by atoms with van der Waals surface area (Å²) in [5.41, 5.74) is 3.04. The van der Waals surface area contributed by atoms with E-state index in [1.807, 2.05) is 0 Å². The van der Waals surface area contributed by atoms with Crippen molar-refractivity contribution in [3.63, 3.8) is 0 Å². The first kappa shape index (κ1) is 9.97. The Hall–Kier alpha value is -0.563. The summed E-state index contributed by atoms with van der Waals surface area (Å²) < 4.78 is 0. The van der Waals surface area contributed by atoms with Crippen LogP contribution >= 0.6 is 0 Å². The summed E-state index contributed by atoms with van der Waals surface area (Å²) in [5.74, 6) is 0. The van der Waals surface area contributed by atoms with Crippen LogP contribution in [0, 0.1) is 0 Å². The molecular formula is C13H20Si. The third-order valence-corrected chi connectivity index (χ3v) is 6.65. The highest BCUT2D eigenvalue weighted by Gasteiger charge is 2.56. The zero-order valence-electron chi connectivity index (χ0n) is 9.67. The van der Waals surface area contributed by atoms with Crippen LogP contribution in [0.4, 0.5) is 0 Å². The highest BCUT2D eigenvalue weighted by molar-refractivity contribution is 6.78. The van der Waals surface area contributed by atoms with Crippen molar-refractivity contribution in [1.82, 2.24) is 0 Å². The van der Waals surface area contributed by atoms with E-state index in [1.54, 1.807) is 5.56 Å². The third kappa shape index (κ3) is 1.54. The van der Waals surface area contributed by atoms with Crippen molar-refractivity contribution in [3.8, 4) is 0 Å². The standard InChI is InChI=1S/C13H20Si/c1-13(10-12(13)14(2,3)4)11-8-6-5-7-9-11/h5-9,12H,10H2,1-4H3/t12?,13-/m0/s1. The molecule has 76 valence electrons. The zero-order valence-corrected chi connectivity index (χ0v) is 10.7. The van der Waals surface area contributed by atoms with Crippen LogP contribution in [0.15, 0.2) is 30.3 Å². The summed E-state index contributed by atoms with van der Waals surface area (Å²) in [7, 11) is -0.942. The van der Waals surface area contributed by atoms with E-state index in [1.165, 1.54) is 6.42 Å². The van der Waals surface area contributed by atoms with Crippen LogP contribution in [-0.2, 0) is 5.41 Å². The van der Waals surface area contributed by atoms with Crippen LogP contribution in [0.2, 0.25) is 25.2 Å². The van der Waals surface area contributed by atoms with Gasteiger partial charge in [-0.05, 0) is 22.9 Å². The fourth-order valence-corrected chi connectivity index (χ4v) is 5.88. The lowest BCUT2D eigenvalue weighted by atomic mass is 9.99. The van der Waals surface area contributed by atoms with Gasteiger partial charge in [-0.1, -0.05) is 56.9 Å². The molecule has 0 heterocycles. The quantitative estimate of drug-likeness (QED) is 0.637. The molecule has 2 rings (SSSR count). The normalized spacial score (nSPS) is 31.6. The predicted molar refractivity (Wildman–Crippen MR) is 65.5 cm³/mol. The van der Waals surface area contributed by atoms with Crippen LogP contribution in [0.3, 0.4) is 0 Å². The minimum absolute atomic E-state index is 0.506. The van der Waals surface area contributed by atoms with E-state index in [9.17, 15) is 0 Å². The second-order valence-electron chi connectivity index (χ2n) is 5.91. The minimum atomic E-state index is -0.942.